The van der Waals surface area contributed by atoms with E-state index in [-0.39, 0.29) is 17.3 Å². The van der Waals surface area contributed by atoms with E-state index >= 15 is 0 Å². The predicted octanol–water partition coefficient (Wildman–Crippen LogP) is 4.85. The van der Waals surface area contributed by atoms with Crippen LogP contribution in [0.3, 0.4) is 0 Å². The summed E-state index contributed by atoms with van der Waals surface area (Å²) in [6, 6.07) is 4.93. The van der Waals surface area contributed by atoms with Crippen LogP contribution in [0, 0.1) is 10.1 Å². The molecule has 0 spiro atoms. The Bertz CT molecular complexity index is 602. The monoisotopic (exact) mass is 415 g/mol. The van der Waals surface area contributed by atoms with Gasteiger partial charge in [-0.3, -0.25) is 10.1 Å². The van der Waals surface area contributed by atoms with Crippen molar-refractivity contribution in [2.75, 3.05) is 11.9 Å². The quantitative estimate of drug-likeness (QED) is 0.359. The normalized spacial score (nSPS) is 12.4. The van der Waals surface area contributed by atoms with Crippen molar-refractivity contribution in [2.24, 2.45) is 0 Å². The number of amides is 1. The number of nitro groups is 1. The Morgan fingerprint density at radius 3 is 2.64 bits per heavy atom. The molecule has 1 aromatic rings. The number of anilines is 1. The third kappa shape index (κ3) is 8.20. The van der Waals surface area contributed by atoms with E-state index in [0.29, 0.717) is 16.8 Å². The third-order valence-corrected chi connectivity index (χ3v) is 3.98. The number of carbonyl (C=O) groups excluding carboxylic acids is 1. The SMILES string of the molecule is C[C@@H](CCCCOC(=O)NC(C)(C)C)Nc1c(Br)cccc1[N+](=O)[O-]. The Morgan fingerprint density at radius 1 is 1.36 bits per heavy atom. The number of nitrogens with one attached hydrogen (secondary N) is 2. The molecule has 0 aliphatic heterocycles. The molecule has 0 unspecified atom stereocenters. The smallest absolute Gasteiger partial charge is 0.407 e. The molecule has 1 aromatic carbocycles. The van der Waals surface area contributed by atoms with Crippen LogP contribution in [0.5, 0.6) is 0 Å². The third-order valence-electron chi connectivity index (χ3n) is 3.32. The second-order valence-electron chi connectivity index (χ2n) is 6.94. The lowest BCUT2D eigenvalue weighted by molar-refractivity contribution is -0.384. The zero-order chi connectivity index (χ0) is 19.0. The van der Waals surface area contributed by atoms with Gasteiger partial charge in [-0.2, -0.15) is 0 Å². The fourth-order valence-electron chi connectivity index (χ4n) is 2.19. The predicted molar refractivity (Wildman–Crippen MR) is 102 cm³/mol. The topological polar surface area (TPSA) is 93.5 Å². The number of unbranched alkanes of at least 4 members (excludes halogenated alkanes) is 1. The number of halogens is 1. The standard InChI is InChI=1S/C17H26BrN3O4/c1-12(8-5-6-11-25-16(22)20-17(2,3)4)19-15-13(18)9-7-10-14(15)21(23)24/h7,9-10,12,19H,5-6,8,11H2,1-4H3,(H,20,22)/t12-/m0/s1. The van der Waals surface area contributed by atoms with Crippen LogP contribution >= 0.6 is 15.9 Å². The molecule has 0 aliphatic rings. The Morgan fingerprint density at radius 2 is 2.04 bits per heavy atom. The first-order valence-electron chi connectivity index (χ1n) is 8.24. The first-order valence-corrected chi connectivity index (χ1v) is 9.04. The van der Waals surface area contributed by atoms with Gasteiger partial charge in [0, 0.05) is 22.1 Å². The first-order chi connectivity index (χ1) is 11.6. The number of hydrogen-bond donors (Lipinski definition) is 2. The number of rotatable bonds is 8. The average Bonchev–Trinajstić information content (AvgIpc) is 2.46. The van der Waals surface area contributed by atoms with Crippen molar-refractivity contribution in [3.63, 3.8) is 0 Å². The number of hydrogen-bond acceptors (Lipinski definition) is 5. The molecule has 0 aromatic heterocycles. The van der Waals surface area contributed by atoms with Gasteiger partial charge in [-0.25, -0.2) is 4.79 Å². The van der Waals surface area contributed by atoms with Gasteiger partial charge in [0.05, 0.1) is 11.5 Å². The maximum atomic E-state index is 11.5. The number of benzene rings is 1. The number of ether oxygens (including phenoxy) is 1. The van der Waals surface area contributed by atoms with Crippen molar-refractivity contribution >= 4 is 33.4 Å². The van der Waals surface area contributed by atoms with E-state index in [4.69, 9.17) is 4.74 Å². The summed E-state index contributed by atoms with van der Waals surface area (Å²) in [6.45, 7) is 7.99. The van der Waals surface area contributed by atoms with E-state index in [2.05, 4.69) is 26.6 Å². The van der Waals surface area contributed by atoms with Gasteiger partial charge >= 0.3 is 6.09 Å². The summed E-state index contributed by atoms with van der Waals surface area (Å²) in [5.74, 6) is 0. The Labute approximate surface area is 156 Å². The molecule has 0 radical (unpaired) electrons. The molecule has 0 heterocycles. The summed E-state index contributed by atoms with van der Waals surface area (Å²) >= 11 is 3.35. The second kappa shape index (κ2) is 9.60. The van der Waals surface area contributed by atoms with Gasteiger partial charge in [0.25, 0.3) is 5.69 Å². The molecule has 0 aliphatic carbocycles. The van der Waals surface area contributed by atoms with Gasteiger partial charge in [0.2, 0.25) is 0 Å². The highest BCUT2D eigenvalue weighted by atomic mass is 79.9. The summed E-state index contributed by atoms with van der Waals surface area (Å²) in [5.41, 5.74) is 0.219. The summed E-state index contributed by atoms with van der Waals surface area (Å²) in [5, 5.41) is 17.0. The molecule has 0 fully saturated rings. The Balaban J connectivity index is 2.36. The van der Waals surface area contributed by atoms with Gasteiger partial charge in [-0.05, 0) is 69.0 Å². The maximum absolute atomic E-state index is 11.5. The average molecular weight is 416 g/mol. The summed E-state index contributed by atoms with van der Waals surface area (Å²) in [6.07, 6.45) is 1.97. The molecular formula is C17H26BrN3O4. The Kier molecular flexibility index (Phi) is 8.15. The highest BCUT2D eigenvalue weighted by Gasteiger charge is 2.18. The van der Waals surface area contributed by atoms with Crippen LogP contribution in [0.4, 0.5) is 16.2 Å². The number of para-hydroxylation sites is 1. The van der Waals surface area contributed by atoms with Crippen molar-refractivity contribution < 1.29 is 14.5 Å². The molecule has 0 saturated heterocycles. The van der Waals surface area contributed by atoms with E-state index in [1.54, 1.807) is 12.1 Å². The molecule has 0 saturated carbocycles. The van der Waals surface area contributed by atoms with Gasteiger partial charge in [-0.15, -0.1) is 0 Å². The number of nitro benzene ring substituents is 1. The van der Waals surface area contributed by atoms with E-state index in [1.165, 1.54) is 6.07 Å². The van der Waals surface area contributed by atoms with Crippen LogP contribution in [-0.4, -0.2) is 29.2 Å². The minimum atomic E-state index is -0.414. The zero-order valence-corrected chi connectivity index (χ0v) is 16.7. The largest absolute Gasteiger partial charge is 0.450 e. The van der Waals surface area contributed by atoms with Crippen LogP contribution in [0.1, 0.15) is 47.0 Å². The molecule has 0 bridgehead atoms. The van der Waals surface area contributed by atoms with Crippen molar-refractivity contribution in [2.45, 2.75) is 58.5 Å². The molecule has 140 valence electrons. The van der Waals surface area contributed by atoms with E-state index in [1.807, 2.05) is 27.7 Å². The van der Waals surface area contributed by atoms with E-state index in [0.717, 1.165) is 19.3 Å². The van der Waals surface area contributed by atoms with E-state index in [9.17, 15) is 14.9 Å². The molecule has 1 atom stereocenters. The van der Waals surface area contributed by atoms with Crippen LogP contribution < -0.4 is 10.6 Å². The minimum Gasteiger partial charge on any atom is -0.450 e. The number of nitrogens with zero attached hydrogens (tertiary/aromatic N) is 1. The first kappa shape index (κ1) is 21.2. The summed E-state index contributed by atoms with van der Waals surface area (Å²) in [7, 11) is 0. The zero-order valence-electron chi connectivity index (χ0n) is 15.1. The molecule has 25 heavy (non-hydrogen) atoms. The lowest BCUT2D eigenvalue weighted by atomic mass is 10.1. The molecule has 8 heteroatoms. The van der Waals surface area contributed by atoms with Gasteiger partial charge in [0.15, 0.2) is 0 Å². The van der Waals surface area contributed by atoms with Crippen LogP contribution in [0.2, 0.25) is 0 Å². The van der Waals surface area contributed by atoms with Crippen molar-refractivity contribution in [1.29, 1.82) is 0 Å². The van der Waals surface area contributed by atoms with Crippen molar-refractivity contribution in [1.82, 2.24) is 5.32 Å². The highest BCUT2D eigenvalue weighted by Crippen LogP contribution is 2.33. The maximum Gasteiger partial charge on any atom is 0.407 e. The van der Waals surface area contributed by atoms with Crippen LogP contribution in [-0.2, 0) is 4.74 Å². The summed E-state index contributed by atoms with van der Waals surface area (Å²) < 4.78 is 5.78. The summed E-state index contributed by atoms with van der Waals surface area (Å²) in [4.78, 5) is 22.2. The van der Waals surface area contributed by atoms with Gasteiger partial charge < -0.3 is 15.4 Å². The lowest BCUT2D eigenvalue weighted by Gasteiger charge is -2.20. The van der Waals surface area contributed by atoms with Gasteiger partial charge in [0.1, 0.15) is 5.69 Å². The van der Waals surface area contributed by atoms with E-state index < -0.39 is 11.0 Å². The second-order valence-corrected chi connectivity index (χ2v) is 7.80. The molecule has 2 N–H and O–H groups in total. The molecular weight excluding hydrogens is 390 g/mol. The number of alkyl carbamates (subject to hydrolysis) is 1. The van der Waals surface area contributed by atoms with Crippen molar-refractivity contribution in [3.8, 4) is 0 Å². The van der Waals surface area contributed by atoms with Crippen LogP contribution in [0.15, 0.2) is 22.7 Å². The van der Waals surface area contributed by atoms with Crippen LogP contribution in [0.25, 0.3) is 0 Å². The Hall–Kier alpha value is -1.83. The highest BCUT2D eigenvalue weighted by molar-refractivity contribution is 9.10. The minimum absolute atomic E-state index is 0.0448. The van der Waals surface area contributed by atoms with Gasteiger partial charge in [-0.1, -0.05) is 6.07 Å². The molecule has 7 nitrogen and oxygen atoms in total. The fraction of sp³-hybridized carbons (Fsp3) is 0.588. The molecule has 1 rings (SSSR count). The molecule has 1 amide bonds. The number of carbonyl (C=O) groups is 1. The lowest BCUT2D eigenvalue weighted by Crippen LogP contribution is -2.41. The fourth-order valence-corrected chi connectivity index (χ4v) is 2.66. The van der Waals surface area contributed by atoms with Crippen molar-refractivity contribution in [3.05, 3.63) is 32.8 Å².